The van der Waals surface area contributed by atoms with Crippen LogP contribution in [0, 0.1) is 17.1 Å². The number of benzene rings is 1. The molecule has 0 saturated carbocycles. The van der Waals surface area contributed by atoms with E-state index in [-0.39, 0.29) is 12.1 Å². The summed E-state index contributed by atoms with van der Waals surface area (Å²) in [4.78, 5) is 3.56. The Hall–Kier alpha value is -2.31. The van der Waals surface area contributed by atoms with Gasteiger partial charge in [0.2, 0.25) is 10.0 Å². The molecule has 22 heavy (non-hydrogen) atoms. The van der Waals surface area contributed by atoms with Crippen LogP contribution >= 0.6 is 0 Å². The molecule has 0 atom stereocenters. The summed E-state index contributed by atoms with van der Waals surface area (Å²) in [7, 11) is -2.20. The van der Waals surface area contributed by atoms with E-state index in [1.807, 2.05) is 0 Å². The summed E-state index contributed by atoms with van der Waals surface area (Å²) in [5.41, 5.74) is 0.0683. The summed E-state index contributed by atoms with van der Waals surface area (Å²) < 4.78 is 41.7. The molecule has 116 valence electrons. The Morgan fingerprint density at radius 1 is 1.45 bits per heavy atom. The molecule has 0 bridgehead atoms. The molecule has 9 heteroatoms. The molecular weight excluding hydrogens is 309 g/mol. The Labute approximate surface area is 127 Å². The first-order valence-electron chi connectivity index (χ1n) is 6.46. The van der Waals surface area contributed by atoms with Crippen LogP contribution in [-0.2, 0) is 23.5 Å². The molecule has 0 saturated heterocycles. The van der Waals surface area contributed by atoms with E-state index in [4.69, 9.17) is 5.26 Å². The van der Waals surface area contributed by atoms with Crippen molar-refractivity contribution in [2.75, 3.05) is 6.54 Å². The average molecular weight is 323 g/mol. The van der Waals surface area contributed by atoms with Gasteiger partial charge in [0, 0.05) is 20.0 Å². The summed E-state index contributed by atoms with van der Waals surface area (Å²) >= 11 is 0. The number of aryl methyl sites for hydroxylation is 2. The molecule has 0 aliphatic carbocycles. The molecule has 1 N–H and O–H groups in total. The van der Waals surface area contributed by atoms with Gasteiger partial charge in [0.25, 0.3) is 0 Å². The minimum atomic E-state index is -3.94. The van der Waals surface area contributed by atoms with E-state index in [1.54, 1.807) is 17.8 Å². The molecular formula is C13H14FN5O2S. The highest BCUT2D eigenvalue weighted by atomic mass is 32.2. The molecule has 0 fully saturated rings. The van der Waals surface area contributed by atoms with Crippen LogP contribution < -0.4 is 4.72 Å². The quantitative estimate of drug-likeness (QED) is 0.790. The Balaban J connectivity index is 1.97. The van der Waals surface area contributed by atoms with Gasteiger partial charge in [0.15, 0.2) is 0 Å². The van der Waals surface area contributed by atoms with Gasteiger partial charge in [-0.15, -0.1) is 0 Å². The number of sulfonamides is 1. The van der Waals surface area contributed by atoms with Crippen LogP contribution in [0.3, 0.4) is 0 Å². The first-order chi connectivity index (χ1) is 10.4. The summed E-state index contributed by atoms with van der Waals surface area (Å²) in [5.74, 6) is -0.205. The molecule has 1 aromatic heterocycles. The zero-order valence-electron chi connectivity index (χ0n) is 11.8. The van der Waals surface area contributed by atoms with Crippen LogP contribution in [-0.4, -0.2) is 29.7 Å². The zero-order chi connectivity index (χ0) is 16.2. The summed E-state index contributed by atoms with van der Waals surface area (Å²) in [5, 5.41) is 12.6. The van der Waals surface area contributed by atoms with Gasteiger partial charge in [0.05, 0.1) is 11.6 Å². The monoisotopic (exact) mass is 323 g/mol. The fraction of sp³-hybridized carbons (Fsp3) is 0.308. The van der Waals surface area contributed by atoms with Gasteiger partial charge in [-0.25, -0.2) is 22.5 Å². The highest BCUT2D eigenvalue weighted by Gasteiger charge is 2.18. The lowest BCUT2D eigenvalue weighted by atomic mass is 10.2. The zero-order valence-corrected chi connectivity index (χ0v) is 12.6. The second kappa shape index (κ2) is 6.64. The number of halogens is 1. The van der Waals surface area contributed by atoms with Crippen LogP contribution in [0.15, 0.2) is 29.4 Å². The standard InChI is InChI=1S/C13H14FN5O2S/c1-19-13(16-9-17-19)3-2-6-18-22(20,21)12-5-4-10(8-15)7-11(12)14/h4-5,7,9,18H,2-3,6H2,1H3. The third-order valence-corrected chi connectivity index (χ3v) is 4.52. The predicted octanol–water partition coefficient (Wildman–Crippen LogP) is 0.737. The van der Waals surface area contributed by atoms with E-state index >= 15 is 0 Å². The van der Waals surface area contributed by atoms with Crippen LogP contribution in [0.25, 0.3) is 0 Å². The van der Waals surface area contributed by atoms with E-state index in [2.05, 4.69) is 14.8 Å². The Morgan fingerprint density at radius 3 is 2.82 bits per heavy atom. The first-order valence-corrected chi connectivity index (χ1v) is 7.94. The number of nitrogens with one attached hydrogen (secondary N) is 1. The summed E-state index contributed by atoms with van der Waals surface area (Å²) in [6.45, 7) is 0.147. The van der Waals surface area contributed by atoms with Crippen LogP contribution in [0.2, 0.25) is 0 Å². The lowest BCUT2D eigenvalue weighted by Gasteiger charge is -2.07. The third-order valence-electron chi connectivity index (χ3n) is 3.02. The first kappa shape index (κ1) is 16.1. The number of hydrogen-bond donors (Lipinski definition) is 1. The normalized spacial score (nSPS) is 11.3. The maximum Gasteiger partial charge on any atom is 0.243 e. The Bertz CT molecular complexity index is 810. The number of nitriles is 1. The van der Waals surface area contributed by atoms with E-state index in [0.29, 0.717) is 12.8 Å². The highest BCUT2D eigenvalue weighted by molar-refractivity contribution is 7.89. The van der Waals surface area contributed by atoms with Crippen molar-refractivity contribution < 1.29 is 12.8 Å². The van der Waals surface area contributed by atoms with Crippen molar-refractivity contribution in [2.45, 2.75) is 17.7 Å². The molecule has 1 aromatic carbocycles. The average Bonchev–Trinajstić information content (AvgIpc) is 2.88. The van der Waals surface area contributed by atoms with Gasteiger partial charge < -0.3 is 0 Å². The van der Waals surface area contributed by atoms with Crippen molar-refractivity contribution in [3.8, 4) is 6.07 Å². The minimum absolute atomic E-state index is 0.0683. The Kier molecular flexibility index (Phi) is 4.85. The van der Waals surface area contributed by atoms with Gasteiger partial charge in [-0.1, -0.05) is 0 Å². The maximum absolute atomic E-state index is 13.7. The van der Waals surface area contributed by atoms with E-state index in [1.165, 1.54) is 12.4 Å². The SMILES string of the molecule is Cn1ncnc1CCCNS(=O)(=O)c1ccc(C#N)cc1F. The van der Waals surface area contributed by atoms with Crippen molar-refractivity contribution in [2.24, 2.45) is 7.05 Å². The van der Waals surface area contributed by atoms with Gasteiger partial charge in [0.1, 0.15) is 22.9 Å². The smallest absolute Gasteiger partial charge is 0.243 e. The number of rotatable bonds is 6. The predicted molar refractivity (Wildman–Crippen MR) is 75.6 cm³/mol. The van der Waals surface area contributed by atoms with Crippen molar-refractivity contribution in [3.63, 3.8) is 0 Å². The van der Waals surface area contributed by atoms with Crippen LogP contribution in [0.5, 0.6) is 0 Å². The van der Waals surface area contributed by atoms with Crippen molar-refractivity contribution in [3.05, 3.63) is 41.7 Å². The number of aromatic nitrogens is 3. The van der Waals surface area contributed by atoms with Gasteiger partial charge in [-0.3, -0.25) is 4.68 Å². The van der Waals surface area contributed by atoms with Gasteiger partial charge in [-0.05, 0) is 24.6 Å². The van der Waals surface area contributed by atoms with E-state index < -0.39 is 20.7 Å². The van der Waals surface area contributed by atoms with Crippen LogP contribution in [0.4, 0.5) is 4.39 Å². The van der Waals surface area contributed by atoms with E-state index in [9.17, 15) is 12.8 Å². The fourth-order valence-corrected chi connectivity index (χ4v) is 3.00. The maximum atomic E-state index is 13.7. The molecule has 0 amide bonds. The molecule has 0 radical (unpaired) electrons. The lowest BCUT2D eigenvalue weighted by molar-refractivity contribution is 0.554. The van der Waals surface area contributed by atoms with Crippen molar-refractivity contribution in [1.82, 2.24) is 19.5 Å². The minimum Gasteiger partial charge on any atom is -0.253 e. The Morgan fingerprint density at radius 2 is 2.23 bits per heavy atom. The molecule has 1 heterocycles. The summed E-state index contributed by atoms with van der Waals surface area (Å²) in [6.07, 6.45) is 2.48. The largest absolute Gasteiger partial charge is 0.253 e. The molecule has 2 rings (SSSR count). The number of hydrogen-bond acceptors (Lipinski definition) is 5. The second-order valence-corrected chi connectivity index (χ2v) is 6.29. The molecule has 0 spiro atoms. The molecule has 0 aliphatic heterocycles. The van der Waals surface area contributed by atoms with E-state index in [0.717, 1.165) is 18.0 Å². The number of nitrogens with zero attached hydrogens (tertiary/aromatic N) is 4. The van der Waals surface area contributed by atoms with Crippen molar-refractivity contribution >= 4 is 10.0 Å². The molecule has 7 nitrogen and oxygen atoms in total. The summed E-state index contributed by atoms with van der Waals surface area (Å²) in [6, 6.07) is 4.99. The van der Waals surface area contributed by atoms with Crippen LogP contribution in [0.1, 0.15) is 17.8 Å². The van der Waals surface area contributed by atoms with Crippen molar-refractivity contribution in [1.29, 1.82) is 5.26 Å². The topological polar surface area (TPSA) is 101 Å². The fourth-order valence-electron chi connectivity index (χ4n) is 1.87. The molecule has 2 aromatic rings. The second-order valence-electron chi connectivity index (χ2n) is 4.56. The molecule has 0 aliphatic rings. The highest BCUT2D eigenvalue weighted by Crippen LogP contribution is 2.15. The van der Waals surface area contributed by atoms with Gasteiger partial charge in [-0.2, -0.15) is 10.4 Å². The lowest BCUT2D eigenvalue weighted by Crippen LogP contribution is -2.26. The van der Waals surface area contributed by atoms with Gasteiger partial charge >= 0.3 is 0 Å². The molecule has 0 unspecified atom stereocenters. The third kappa shape index (κ3) is 3.66.